The molecule has 0 aromatic carbocycles. The zero-order valence-corrected chi connectivity index (χ0v) is 14.6. The zero-order chi connectivity index (χ0) is 16.1. The van der Waals surface area contributed by atoms with Gasteiger partial charge in [0.05, 0.1) is 6.61 Å². The Kier molecular flexibility index (Phi) is 12.7. The summed E-state index contributed by atoms with van der Waals surface area (Å²) in [7, 11) is 1.69. The van der Waals surface area contributed by atoms with Crippen molar-refractivity contribution in [3.8, 4) is 0 Å². The maximum atomic E-state index is 12.6. The molecule has 0 bridgehead atoms. The first kappa shape index (κ1) is 20.4. The van der Waals surface area contributed by atoms with Crippen LogP contribution < -0.4 is 5.73 Å². The van der Waals surface area contributed by atoms with E-state index in [1.165, 1.54) is 12.8 Å². The highest BCUT2D eigenvalue weighted by atomic mass is 16.5. The van der Waals surface area contributed by atoms with Crippen LogP contribution in [-0.4, -0.2) is 43.7 Å². The predicted octanol–water partition coefficient (Wildman–Crippen LogP) is 3.20. The van der Waals surface area contributed by atoms with Crippen molar-refractivity contribution in [2.75, 3.05) is 26.8 Å². The Bertz CT molecular complexity index is 249. The Balaban J connectivity index is 4.49. The smallest absolute Gasteiger partial charge is 0.222 e. The minimum atomic E-state index is 0.277. The van der Waals surface area contributed by atoms with E-state index < -0.39 is 0 Å². The van der Waals surface area contributed by atoms with Crippen LogP contribution in [0.5, 0.6) is 0 Å². The quantitative estimate of drug-likeness (QED) is 0.568. The highest BCUT2D eigenvalue weighted by Crippen LogP contribution is 2.19. The molecule has 0 heterocycles. The van der Waals surface area contributed by atoms with Crippen molar-refractivity contribution in [1.29, 1.82) is 0 Å². The predicted molar refractivity (Wildman–Crippen MR) is 89.3 cm³/mol. The summed E-state index contributed by atoms with van der Waals surface area (Å²) < 4.78 is 5.15. The summed E-state index contributed by atoms with van der Waals surface area (Å²) in [5, 5.41) is 0. The molecule has 126 valence electrons. The molecule has 0 spiro atoms. The second-order valence-corrected chi connectivity index (χ2v) is 5.82. The molecule has 0 aliphatic carbocycles. The second-order valence-electron chi connectivity index (χ2n) is 5.82. The molecule has 0 aliphatic heterocycles. The first-order chi connectivity index (χ1) is 10.1. The topological polar surface area (TPSA) is 55.6 Å². The molecule has 0 aliphatic rings. The molecule has 1 atom stereocenters. The van der Waals surface area contributed by atoms with Gasteiger partial charge in [-0.2, -0.15) is 0 Å². The summed E-state index contributed by atoms with van der Waals surface area (Å²) >= 11 is 0. The van der Waals surface area contributed by atoms with Crippen molar-refractivity contribution < 1.29 is 9.53 Å². The van der Waals surface area contributed by atoms with Gasteiger partial charge in [0.1, 0.15) is 0 Å². The molecular formula is C17H36N2O2. The highest BCUT2D eigenvalue weighted by molar-refractivity contribution is 5.76. The fourth-order valence-electron chi connectivity index (χ4n) is 2.98. The van der Waals surface area contributed by atoms with Gasteiger partial charge in [-0.3, -0.25) is 4.79 Å². The lowest BCUT2D eigenvalue weighted by Crippen LogP contribution is -2.41. The Hall–Kier alpha value is -0.610. The average Bonchev–Trinajstić information content (AvgIpc) is 2.49. The third kappa shape index (κ3) is 8.42. The molecule has 0 saturated carbocycles. The molecular weight excluding hydrogens is 264 g/mol. The number of carbonyl (C=O) groups is 1. The van der Waals surface area contributed by atoms with Crippen molar-refractivity contribution >= 4 is 5.91 Å². The normalized spacial score (nSPS) is 12.7. The van der Waals surface area contributed by atoms with Crippen LogP contribution in [0.2, 0.25) is 0 Å². The number of rotatable bonds is 13. The third-order valence-electron chi connectivity index (χ3n) is 4.28. The summed E-state index contributed by atoms with van der Waals surface area (Å²) in [6, 6.07) is 0.340. The first-order valence-corrected chi connectivity index (χ1v) is 8.62. The molecule has 21 heavy (non-hydrogen) atoms. The van der Waals surface area contributed by atoms with Crippen LogP contribution in [0.3, 0.4) is 0 Å². The van der Waals surface area contributed by atoms with Gasteiger partial charge in [0.15, 0.2) is 0 Å². The van der Waals surface area contributed by atoms with Gasteiger partial charge in [0.2, 0.25) is 5.91 Å². The van der Waals surface area contributed by atoms with Crippen LogP contribution in [-0.2, 0) is 9.53 Å². The fourth-order valence-corrected chi connectivity index (χ4v) is 2.98. The van der Waals surface area contributed by atoms with E-state index in [0.29, 0.717) is 31.5 Å². The molecule has 1 amide bonds. The number of methoxy groups -OCH3 is 1. The lowest BCUT2D eigenvalue weighted by Gasteiger charge is -2.31. The lowest BCUT2D eigenvalue weighted by atomic mass is 9.94. The van der Waals surface area contributed by atoms with Crippen molar-refractivity contribution in [3.05, 3.63) is 0 Å². The van der Waals surface area contributed by atoms with Gasteiger partial charge in [-0.1, -0.05) is 33.6 Å². The van der Waals surface area contributed by atoms with E-state index in [4.69, 9.17) is 10.5 Å². The first-order valence-electron chi connectivity index (χ1n) is 8.62. The van der Waals surface area contributed by atoms with Gasteiger partial charge < -0.3 is 15.4 Å². The maximum absolute atomic E-state index is 12.6. The Morgan fingerprint density at radius 3 is 2.29 bits per heavy atom. The number of hydrogen-bond donors (Lipinski definition) is 1. The summed E-state index contributed by atoms with van der Waals surface area (Å²) in [6.07, 6.45) is 7.00. The molecule has 0 aromatic rings. The van der Waals surface area contributed by atoms with Gasteiger partial charge >= 0.3 is 0 Å². The fraction of sp³-hybridized carbons (Fsp3) is 0.941. The maximum Gasteiger partial charge on any atom is 0.222 e. The molecule has 1 unspecified atom stereocenters. The molecule has 0 fully saturated rings. The van der Waals surface area contributed by atoms with Crippen molar-refractivity contribution in [2.45, 2.75) is 71.8 Å². The van der Waals surface area contributed by atoms with Crippen molar-refractivity contribution in [1.82, 2.24) is 4.90 Å². The van der Waals surface area contributed by atoms with Gasteiger partial charge in [-0.15, -0.1) is 0 Å². The van der Waals surface area contributed by atoms with E-state index in [2.05, 4.69) is 20.8 Å². The van der Waals surface area contributed by atoms with E-state index in [1.807, 2.05) is 4.90 Å². The summed E-state index contributed by atoms with van der Waals surface area (Å²) in [5.74, 6) is 0.869. The van der Waals surface area contributed by atoms with E-state index >= 15 is 0 Å². The van der Waals surface area contributed by atoms with Gasteiger partial charge in [-0.25, -0.2) is 0 Å². The number of nitrogens with zero attached hydrogens (tertiary/aromatic N) is 1. The van der Waals surface area contributed by atoms with Crippen LogP contribution in [0.1, 0.15) is 65.7 Å². The number of amides is 1. The Morgan fingerprint density at radius 2 is 1.81 bits per heavy atom. The largest absolute Gasteiger partial charge is 0.383 e. The van der Waals surface area contributed by atoms with Crippen LogP contribution in [0.4, 0.5) is 0 Å². The van der Waals surface area contributed by atoms with Gasteiger partial charge in [0, 0.05) is 26.1 Å². The van der Waals surface area contributed by atoms with Crippen molar-refractivity contribution in [2.24, 2.45) is 11.7 Å². The SMILES string of the molecule is CCCC(CCN)CCC(=O)N(CCOC)C(CC)CC. The van der Waals surface area contributed by atoms with E-state index in [1.54, 1.807) is 7.11 Å². The number of carbonyl (C=O) groups excluding carboxylic acids is 1. The number of ether oxygens (including phenoxy) is 1. The standard InChI is InChI=1S/C17H36N2O2/c1-5-8-15(11-12-18)9-10-17(20)19(13-14-21-4)16(6-2)7-3/h15-16H,5-14,18H2,1-4H3. The third-order valence-corrected chi connectivity index (χ3v) is 4.28. The Labute approximate surface area is 131 Å². The second kappa shape index (κ2) is 13.1. The molecule has 0 rings (SSSR count). The van der Waals surface area contributed by atoms with Crippen LogP contribution in [0, 0.1) is 5.92 Å². The molecule has 4 nitrogen and oxygen atoms in total. The van der Waals surface area contributed by atoms with Crippen LogP contribution >= 0.6 is 0 Å². The molecule has 4 heteroatoms. The summed E-state index contributed by atoms with van der Waals surface area (Å²) in [5.41, 5.74) is 5.67. The number of hydrogen-bond acceptors (Lipinski definition) is 3. The lowest BCUT2D eigenvalue weighted by molar-refractivity contribution is -0.134. The monoisotopic (exact) mass is 300 g/mol. The zero-order valence-electron chi connectivity index (χ0n) is 14.6. The van der Waals surface area contributed by atoms with Crippen LogP contribution in [0.25, 0.3) is 0 Å². The summed E-state index contributed by atoms with van der Waals surface area (Å²) in [6.45, 7) is 8.53. The van der Waals surface area contributed by atoms with E-state index in [9.17, 15) is 4.79 Å². The van der Waals surface area contributed by atoms with E-state index in [-0.39, 0.29) is 5.91 Å². The molecule has 0 saturated heterocycles. The summed E-state index contributed by atoms with van der Waals surface area (Å²) in [4.78, 5) is 14.6. The van der Waals surface area contributed by atoms with Gasteiger partial charge in [0.25, 0.3) is 0 Å². The average molecular weight is 300 g/mol. The molecule has 0 aromatic heterocycles. The minimum Gasteiger partial charge on any atom is -0.383 e. The molecule has 0 radical (unpaired) electrons. The number of nitrogens with two attached hydrogens (primary N) is 1. The van der Waals surface area contributed by atoms with Crippen LogP contribution in [0.15, 0.2) is 0 Å². The molecule has 2 N–H and O–H groups in total. The Morgan fingerprint density at radius 1 is 1.14 bits per heavy atom. The minimum absolute atomic E-state index is 0.277. The van der Waals surface area contributed by atoms with Gasteiger partial charge in [-0.05, 0) is 38.1 Å². The van der Waals surface area contributed by atoms with E-state index in [0.717, 1.165) is 32.2 Å². The van der Waals surface area contributed by atoms with Crippen molar-refractivity contribution in [3.63, 3.8) is 0 Å². The highest BCUT2D eigenvalue weighted by Gasteiger charge is 2.21.